The summed E-state index contributed by atoms with van der Waals surface area (Å²) in [6, 6.07) is 1.88. The zero-order valence-corrected chi connectivity index (χ0v) is 12.0. The molecule has 0 atom stereocenters. The van der Waals surface area contributed by atoms with Crippen LogP contribution in [0.1, 0.15) is 30.8 Å². The van der Waals surface area contributed by atoms with Gasteiger partial charge in [-0.05, 0) is 26.2 Å². The van der Waals surface area contributed by atoms with E-state index in [9.17, 15) is 18.3 Å². The molecule has 9 heteroatoms. The second-order valence-electron chi connectivity index (χ2n) is 5.40. The van der Waals surface area contributed by atoms with E-state index >= 15 is 0 Å². The topological polar surface area (TPSA) is 66.5 Å². The van der Waals surface area contributed by atoms with Gasteiger partial charge < -0.3 is 10.0 Å². The van der Waals surface area contributed by atoms with Crippen molar-refractivity contribution >= 4 is 11.6 Å². The highest BCUT2D eigenvalue weighted by Gasteiger charge is 2.37. The fourth-order valence-corrected chi connectivity index (χ4v) is 2.58. The molecule has 1 N–H and O–H groups in total. The minimum atomic E-state index is -4.61. The van der Waals surface area contributed by atoms with Crippen LogP contribution in [0.2, 0.25) is 0 Å². The van der Waals surface area contributed by atoms with Crippen molar-refractivity contribution in [2.45, 2.75) is 38.4 Å². The molecule has 1 fully saturated rings. The number of hydrogen-bond donors (Lipinski definition) is 1. The molecule has 1 aliphatic carbocycles. The molecule has 3 rings (SSSR count). The average Bonchev–Trinajstić information content (AvgIpc) is 2.78. The molecular formula is C13H16F3N5O. The number of aryl methyl sites for hydroxylation is 1. The maximum absolute atomic E-state index is 12.8. The average molecular weight is 315 g/mol. The van der Waals surface area contributed by atoms with Crippen molar-refractivity contribution in [1.82, 2.24) is 19.6 Å². The number of anilines is 1. The lowest BCUT2D eigenvalue weighted by atomic mass is 9.91. The van der Waals surface area contributed by atoms with E-state index in [4.69, 9.17) is 0 Å². The lowest BCUT2D eigenvalue weighted by Crippen LogP contribution is -2.43. The smallest absolute Gasteiger partial charge is 0.395 e. The number of aliphatic hydroxyl groups excluding tert-OH is 1. The zero-order chi connectivity index (χ0) is 15.9. The molecule has 0 radical (unpaired) electrons. The fraction of sp³-hybridized carbons (Fsp3) is 0.615. The predicted molar refractivity (Wildman–Crippen MR) is 72.6 cm³/mol. The standard InChI is InChI=1S/C13H16F3N5O/c1-8-7-10(20(5-6-22)9-3-2-4-9)21-12(17-8)18-11(19-21)13(14,15)16/h7,9,22H,2-6H2,1H3. The second-order valence-corrected chi connectivity index (χ2v) is 5.40. The number of rotatable bonds is 4. The molecule has 0 saturated heterocycles. The summed E-state index contributed by atoms with van der Waals surface area (Å²) < 4.78 is 39.6. The number of alkyl halides is 3. The van der Waals surface area contributed by atoms with Gasteiger partial charge in [0.1, 0.15) is 5.82 Å². The van der Waals surface area contributed by atoms with Crippen LogP contribution >= 0.6 is 0 Å². The van der Waals surface area contributed by atoms with Gasteiger partial charge in [0.25, 0.3) is 11.6 Å². The third kappa shape index (κ3) is 2.60. The highest BCUT2D eigenvalue weighted by Crippen LogP contribution is 2.31. The van der Waals surface area contributed by atoms with Crippen LogP contribution in [0.3, 0.4) is 0 Å². The van der Waals surface area contributed by atoms with Crippen molar-refractivity contribution in [3.05, 3.63) is 17.6 Å². The summed E-state index contributed by atoms with van der Waals surface area (Å²) in [5, 5.41) is 12.8. The molecule has 0 aliphatic heterocycles. The molecule has 0 spiro atoms. The molecule has 0 bridgehead atoms. The number of aliphatic hydroxyl groups is 1. The van der Waals surface area contributed by atoms with Gasteiger partial charge in [-0.1, -0.05) is 0 Å². The Morgan fingerprint density at radius 2 is 2.09 bits per heavy atom. The molecule has 0 aromatic carbocycles. The number of fused-ring (bicyclic) bond motifs is 1. The van der Waals surface area contributed by atoms with E-state index in [0.29, 0.717) is 18.1 Å². The van der Waals surface area contributed by atoms with E-state index in [1.54, 1.807) is 13.0 Å². The van der Waals surface area contributed by atoms with Crippen molar-refractivity contribution in [2.24, 2.45) is 0 Å². The van der Waals surface area contributed by atoms with Gasteiger partial charge in [0.05, 0.1) is 6.61 Å². The Morgan fingerprint density at radius 3 is 2.64 bits per heavy atom. The van der Waals surface area contributed by atoms with Crippen molar-refractivity contribution in [3.8, 4) is 0 Å². The quantitative estimate of drug-likeness (QED) is 0.932. The molecule has 0 unspecified atom stereocenters. The summed E-state index contributed by atoms with van der Waals surface area (Å²) in [7, 11) is 0. The van der Waals surface area contributed by atoms with Gasteiger partial charge in [0, 0.05) is 24.3 Å². The van der Waals surface area contributed by atoms with Crippen LogP contribution in [-0.2, 0) is 6.18 Å². The molecule has 1 saturated carbocycles. The number of halogens is 3. The summed E-state index contributed by atoms with van der Waals surface area (Å²) in [5.74, 6) is -0.793. The maximum Gasteiger partial charge on any atom is 0.453 e. The van der Waals surface area contributed by atoms with Crippen LogP contribution in [0.25, 0.3) is 5.78 Å². The van der Waals surface area contributed by atoms with E-state index in [2.05, 4.69) is 15.1 Å². The highest BCUT2D eigenvalue weighted by atomic mass is 19.4. The number of hydrogen-bond acceptors (Lipinski definition) is 5. The monoisotopic (exact) mass is 315 g/mol. The third-order valence-corrected chi connectivity index (χ3v) is 3.83. The SMILES string of the molecule is Cc1cc(N(CCO)C2CCC2)n2nc(C(F)(F)F)nc2n1. The Kier molecular flexibility index (Phi) is 3.67. The Balaban J connectivity index is 2.12. The van der Waals surface area contributed by atoms with Crippen LogP contribution in [-0.4, -0.2) is 43.9 Å². The van der Waals surface area contributed by atoms with Crippen molar-refractivity contribution in [3.63, 3.8) is 0 Å². The van der Waals surface area contributed by atoms with Gasteiger partial charge >= 0.3 is 6.18 Å². The van der Waals surface area contributed by atoms with E-state index in [0.717, 1.165) is 23.8 Å². The summed E-state index contributed by atoms with van der Waals surface area (Å²) in [4.78, 5) is 9.38. The zero-order valence-electron chi connectivity index (χ0n) is 12.0. The molecule has 0 amide bonds. The van der Waals surface area contributed by atoms with E-state index in [1.165, 1.54) is 0 Å². The molecule has 120 valence electrons. The second kappa shape index (κ2) is 5.38. The van der Waals surface area contributed by atoms with Gasteiger partial charge in [-0.2, -0.15) is 22.7 Å². The third-order valence-electron chi connectivity index (χ3n) is 3.83. The van der Waals surface area contributed by atoms with Crippen LogP contribution in [0, 0.1) is 6.92 Å². The molecule has 6 nitrogen and oxygen atoms in total. The number of nitrogens with zero attached hydrogens (tertiary/aromatic N) is 5. The lowest BCUT2D eigenvalue weighted by Gasteiger charge is -2.38. The first-order valence-corrected chi connectivity index (χ1v) is 7.09. The Morgan fingerprint density at radius 1 is 1.36 bits per heavy atom. The van der Waals surface area contributed by atoms with E-state index < -0.39 is 12.0 Å². The minimum Gasteiger partial charge on any atom is -0.395 e. The molecular weight excluding hydrogens is 299 g/mol. The normalized spacial score (nSPS) is 16.0. The summed E-state index contributed by atoms with van der Waals surface area (Å²) in [5.41, 5.74) is 0.561. The fourth-order valence-electron chi connectivity index (χ4n) is 2.58. The largest absolute Gasteiger partial charge is 0.453 e. The lowest BCUT2D eigenvalue weighted by molar-refractivity contribution is -0.144. The maximum atomic E-state index is 12.8. The van der Waals surface area contributed by atoms with Crippen molar-refractivity contribution in [2.75, 3.05) is 18.1 Å². The van der Waals surface area contributed by atoms with Gasteiger partial charge in [0.2, 0.25) is 0 Å². The number of aromatic nitrogens is 4. The highest BCUT2D eigenvalue weighted by molar-refractivity contribution is 5.49. The van der Waals surface area contributed by atoms with Crippen LogP contribution in [0.5, 0.6) is 0 Å². The van der Waals surface area contributed by atoms with Crippen LogP contribution < -0.4 is 4.90 Å². The summed E-state index contributed by atoms with van der Waals surface area (Å²) in [6.45, 7) is 1.95. The van der Waals surface area contributed by atoms with Gasteiger partial charge in [0.15, 0.2) is 0 Å². The molecule has 2 aromatic heterocycles. The summed E-state index contributed by atoms with van der Waals surface area (Å²) >= 11 is 0. The molecule has 1 aliphatic rings. The Hall–Kier alpha value is -1.90. The first kappa shape index (κ1) is 15.0. The van der Waals surface area contributed by atoms with Gasteiger partial charge in [-0.25, -0.2) is 4.98 Å². The van der Waals surface area contributed by atoms with E-state index in [-0.39, 0.29) is 18.4 Å². The Bertz CT molecular complexity index is 680. The van der Waals surface area contributed by atoms with Gasteiger partial charge in [-0.3, -0.25) is 0 Å². The Labute approximate surface area is 124 Å². The van der Waals surface area contributed by atoms with Gasteiger partial charge in [-0.15, -0.1) is 5.10 Å². The molecule has 2 heterocycles. The minimum absolute atomic E-state index is 0.0791. The molecule has 22 heavy (non-hydrogen) atoms. The first-order chi connectivity index (χ1) is 10.4. The van der Waals surface area contributed by atoms with Crippen LogP contribution in [0.15, 0.2) is 6.07 Å². The van der Waals surface area contributed by atoms with E-state index in [1.807, 2.05) is 4.90 Å². The van der Waals surface area contributed by atoms with Crippen molar-refractivity contribution in [1.29, 1.82) is 0 Å². The first-order valence-electron chi connectivity index (χ1n) is 7.09. The predicted octanol–water partition coefficient (Wildman–Crippen LogP) is 1.80. The molecule has 2 aromatic rings. The van der Waals surface area contributed by atoms with Crippen LogP contribution in [0.4, 0.5) is 19.0 Å². The summed E-state index contributed by atoms with van der Waals surface area (Å²) in [6.07, 6.45) is -1.64. The van der Waals surface area contributed by atoms with Crippen molar-refractivity contribution < 1.29 is 18.3 Å².